The Balaban J connectivity index is 1.85. The fraction of sp³-hybridized carbons (Fsp3) is 0.286. The van der Waals surface area contributed by atoms with Crippen molar-refractivity contribution >= 4 is 10.2 Å². The van der Waals surface area contributed by atoms with Gasteiger partial charge in [-0.1, -0.05) is 30.3 Å². The molecular formula is C14H18N4O2S. The van der Waals surface area contributed by atoms with Gasteiger partial charge in [0.05, 0.1) is 5.69 Å². The molecule has 1 atom stereocenters. The lowest BCUT2D eigenvalue weighted by molar-refractivity contribution is 0.544. The molecule has 2 N–H and O–H groups in total. The standard InChI is InChI=1S/C14H18N4O2S/c1-12(9-14-11-15-7-8-16-14)18-21(19,20)17-10-13-5-3-2-4-6-13/h2-8,11-12,17-18H,9-10H2,1H3. The third-order valence-electron chi connectivity index (χ3n) is 2.80. The van der Waals surface area contributed by atoms with Gasteiger partial charge < -0.3 is 0 Å². The molecule has 0 fully saturated rings. The number of benzene rings is 1. The molecule has 0 saturated carbocycles. The highest BCUT2D eigenvalue weighted by molar-refractivity contribution is 7.87. The van der Waals surface area contributed by atoms with Gasteiger partial charge in [0.15, 0.2) is 0 Å². The maximum atomic E-state index is 11.9. The van der Waals surface area contributed by atoms with Crippen molar-refractivity contribution in [1.82, 2.24) is 19.4 Å². The van der Waals surface area contributed by atoms with Crippen LogP contribution in [0.3, 0.4) is 0 Å². The molecule has 1 aromatic heterocycles. The Hall–Kier alpha value is -1.83. The highest BCUT2D eigenvalue weighted by Crippen LogP contribution is 2.00. The molecule has 0 saturated heterocycles. The van der Waals surface area contributed by atoms with Gasteiger partial charge in [0.1, 0.15) is 0 Å². The van der Waals surface area contributed by atoms with Crippen LogP contribution in [0.2, 0.25) is 0 Å². The fourth-order valence-corrected chi connectivity index (χ4v) is 2.92. The summed E-state index contributed by atoms with van der Waals surface area (Å²) in [5, 5.41) is 0. The van der Waals surface area contributed by atoms with Gasteiger partial charge in [-0.15, -0.1) is 0 Å². The van der Waals surface area contributed by atoms with Crippen molar-refractivity contribution in [3.05, 3.63) is 60.2 Å². The minimum atomic E-state index is -3.55. The van der Waals surface area contributed by atoms with Gasteiger partial charge in [0.25, 0.3) is 10.2 Å². The summed E-state index contributed by atoms with van der Waals surface area (Å²) in [7, 11) is -3.55. The van der Waals surface area contributed by atoms with E-state index in [4.69, 9.17) is 0 Å². The third-order valence-corrected chi connectivity index (χ3v) is 4.03. The summed E-state index contributed by atoms with van der Waals surface area (Å²) in [6, 6.07) is 9.09. The summed E-state index contributed by atoms with van der Waals surface area (Å²) in [4.78, 5) is 8.08. The molecule has 0 radical (unpaired) electrons. The second kappa shape index (κ2) is 7.26. The maximum absolute atomic E-state index is 11.9. The predicted molar refractivity (Wildman–Crippen MR) is 80.5 cm³/mol. The van der Waals surface area contributed by atoms with Crippen LogP contribution in [0.5, 0.6) is 0 Å². The van der Waals surface area contributed by atoms with E-state index in [1.54, 1.807) is 25.5 Å². The van der Waals surface area contributed by atoms with Crippen LogP contribution in [-0.4, -0.2) is 24.4 Å². The molecule has 0 aliphatic carbocycles. The van der Waals surface area contributed by atoms with Crippen molar-refractivity contribution in [1.29, 1.82) is 0 Å². The number of hydrogen-bond donors (Lipinski definition) is 2. The topological polar surface area (TPSA) is 84.0 Å². The van der Waals surface area contributed by atoms with Gasteiger partial charge >= 0.3 is 0 Å². The quantitative estimate of drug-likeness (QED) is 0.800. The van der Waals surface area contributed by atoms with E-state index in [0.29, 0.717) is 6.42 Å². The van der Waals surface area contributed by atoms with Crippen molar-refractivity contribution < 1.29 is 8.42 Å². The number of aromatic nitrogens is 2. The smallest absolute Gasteiger partial charge is 0.261 e. The average Bonchev–Trinajstić information content (AvgIpc) is 2.47. The zero-order valence-electron chi connectivity index (χ0n) is 11.7. The molecule has 2 aromatic rings. The first-order valence-electron chi connectivity index (χ1n) is 6.61. The van der Waals surface area contributed by atoms with Crippen LogP contribution in [0.4, 0.5) is 0 Å². The summed E-state index contributed by atoms with van der Waals surface area (Å²) in [5.41, 5.74) is 1.65. The van der Waals surface area contributed by atoms with E-state index in [-0.39, 0.29) is 12.6 Å². The summed E-state index contributed by atoms with van der Waals surface area (Å²) < 4.78 is 29.0. The highest BCUT2D eigenvalue weighted by Gasteiger charge is 2.14. The lowest BCUT2D eigenvalue weighted by atomic mass is 10.2. The van der Waals surface area contributed by atoms with Crippen molar-refractivity contribution in [3.8, 4) is 0 Å². The van der Waals surface area contributed by atoms with Crippen molar-refractivity contribution in [2.75, 3.05) is 0 Å². The zero-order valence-corrected chi connectivity index (χ0v) is 12.5. The second-order valence-electron chi connectivity index (χ2n) is 4.73. The van der Waals surface area contributed by atoms with Crippen LogP contribution < -0.4 is 9.44 Å². The number of nitrogens with zero attached hydrogens (tertiary/aromatic N) is 2. The van der Waals surface area contributed by atoms with Crippen LogP contribution in [0, 0.1) is 0 Å². The molecular weight excluding hydrogens is 288 g/mol. The Labute approximate surface area is 124 Å². The minimum Gasteiger partial charge on any atom is -0.261 e. The summed E-state index contributed by atoms with van der Waals surface area (Å²) in [5.74, 6) is 0. The van der Waals surface area contributed by atoms with E-state index in [1.165, 1.54) is 0 Å². The van der Waals surface area contributed by atoms with E-state index < -0.39 is 10.2 Å². The van der Waals surface area contributed by atoms with Gasteiger partial charge in [-0.25, -0.2) is 0 Å². The molecule has 2 rings (SSSR count). The normalized spacial score (nSPS) is 13.0. The lowest BCUT2D eigenvalue weighted by Crippen LogP contribution is -2.42. The Morgan fingerprint density at radius 1 is 1.19 bits per heavy atom. The minimum absolute atomic E-state index is 0.258. The second-order valence-corrected chi connectivity index (χ2v) is 6.26. The predicted octanol–water partition coefficient (Wildman–Crippen LogP) is 1.03. The number of hydrogen-bond acceptors (Lipinski definition) is 4. The van der Waals surface area contributed by atoms with E-state index >= 15 is 0 Å². The molecule has 0 aliphatic heterocycles. The summed E-state index contributed by atoms with van der Waals surface area (Å²) in [6.45, 7) is 2.05. The zero-order chi connectivity index (χ0) is 15.1. The summed E-state index contributed by atoms with van der Waals surface area (Å²) >= 11 is 0. The molecule has 21 heavy (non-hydrogen) atoms. The van der Waals surface area contributed by atoms with Crippen LogP contribution in [0.25, 0.3) is 0 Å². The van der Waals surface area contributed by atoms with E-state index in [2.05, 4.69) is 19.4 Å². The maximum Gasteiger partial charge on any atom is 0.277 e. The van der Waals surface area contributed by atoms with Gasteiger partial charge in [-0.2, -0.15) is 17.9 Å². The summed E-state index contributed by atoms with van der Waals surface area (Å²) in [6.07, 6.45) is 5.28. The molecule has 0 amide bonds. The van der Waals surface area contributed by atoms with Gasteiger partial charge in [0, 0.05) is 37.6 Å². The van der Waals surface area contributed by atoms with Crippen LogP contribution in [0.1, 0.15) is 18.2 Å². The van der Waals surface area contributed by atoms with Crippen LogP contribution in [-0.2, 0) is 23.2 Å². The molecule has 1 aromatic carbocycles. The molecule has 0 spiro atoms. The molecule has 0 bridgehead atoms. The van der Waals surface area contributed by atoms with E-state index in [1.807, 2.05) is 30.3 Å². The first-order valence-corrected chi connectivity index (χ1v) is 8.09. The fourth-order valence-electron chi connectivity index (χ4n) is 1.87. The first kappa shape index (κ1) is 15.6. The average molecular weight is 306 g/mol. The number of rotatable bonds is 7. The van der Waals surface area contributed by atoms with Gasteiger partial charge in [-0.3, -0.25) is 9.97 Å². The van der Waals surface area contributed by atoms with Crippen LogP contribution in [0.15, 0.2) is 48.9 Å². The Morgan fingerprint density at radius 2 is 1.95 bits per heavy atom. The van der Waals surface area contributed by atoms with Gasteiger partial charge in [-0.05, 0) is 12.5 Å². The van der Waals surface area contributed by atoms with Gasteiger partial charge in [0.2, 0.25) is 0 Å². The molecule has 6 nitrogen and oxygen atoms in total. The monoisotopic (exact) mass is 306 g/mol. The lowest BCUT2D eigenvalue weighted by Gasteiger charge is -2.14. The van der Waals surface area contributed by atoms with E-state index in [9.17, 15) is 8.42 Å². The van der Waals surface area contributed by atoms with Crippen LogP contribution >= 0.6 is 0 Å². The van der Waals surface area contributed by atoms with Crippen molar-refractivity contribution in [3.63, 3.8) is 0 Å². The molecule has 1 heterocycles. The number of nitrogens with one attached hydrogen (secondary N) is 2. The molecule has 0 aliphatic rings. The molecule has 112 valence electrons. The Morgan fingerprint density at radius 3 is 2.62 bits per heavy atom. The van der Waals surface area contributed by atoms with Crippen molar-refractivity contribution in [2.45, 2.75) is 25.9 Å². The molecule has 1 unspecified atom stereocenters. The Bertz CT molecular complexity index is 647. The SMILES string of the molecule is CC(Cc1cnccn1)NS(=O)(=O)NCc1ccccc1. The third kappa shape index (κ3) is 5.58. The molecule has 7 heteroatoms. The highest BCUT2D eigenvalue weighted by atomic mass is 32.2. The van der Waals surface area contributed by atoms with E-state index in [0.717, 1.165) is 11.3 Å². The largest absolute Gasteiger partial charge is 0.277 e. The van der Waals surface area contributed by atoms with Crippen molar-refractivity contribution in [2.24, 2.45) is 0 Å². The first-order chi connectivity index (χ1) is 10.1. The Kier molecular flexibility index (Phi) is 5.38.